The van der Waals surface area contributed by atoms with Crippen LogP contribution in [0.2, 0.25) is 0 Å². The van der Waals surface area contributed by atoms with Gasteiger partial charge in [0.15, 0.2) is 0 Å². The van der Waals surface area contributed by atoms with Crippen LogP contribution in [0.5, 0.6) is 0 Å². The Kier molecular flexibility index (Phi) is 3.96. The van der Waals surface area contributed by atoms with Crippen LogP contribution in [-0.4, -0.2) is 42.1 Å². The first-order valence-corrected chi connectivity index (χ1v) is 10.1. The Morgan fingerprint density at radius 3 is 2.41 bits per heavy atom. The maximum absolute atomic E-state index is 12.8. The van der Waals surface area contributed by atoms with Gasteiger partial charge in [0.1, 0.15) is 6.61 Å². The van der Waals surface area contributed by atoms with E-state index in [0.29, 0.717) is 19.4 Å². The molecule has 8 heteroatoms. The molecule has 0 aromatic heterocycles. The van der Waals surface area contributed by atoms with Crippen LogP contribution < -0.4 is 5.32 Å². The van der Waals surface area contributed by atoms with E-state index in [1.54, 1.807) is 12.1 Å². The van der Waals surface area contributed by atoms with Crippen molar-refractivity contribution in [2.45, 2.75) is 49.7 Å². The highest BCUT2D eigenvalue weighted by molar-refractivity contribution is 5.82. The molecular weight excluding hydrogens is 385 g/mol. The Labute approximate surface area is 166 Å². The molecular formula is C21H23F3N2O3. The summed E-state index contributed by atoms with van der Waals surface area (Å²) < 4.78 is 43.2. The largest absolute Gasteiger partial charge is 0.447 e. The minimum Gasteiger partial charge on any atom is -0.447 e. The first-order valence-electron chi connectivity index (χ1n) is 10.1. The highest BCUT2D eigenvalue weighted by Gasteiger charge is 2.56. The number of alkyl carbamates (subject to hydrolysis) is 1. The summed E-state index contributed by atoms with van der Waals surface area (Å²) in [6, 6.07) is 5.52. The Morgan fingerprint density at radius 1 is 1.14 bits per heavy atom. The molecule has 2 saturated heterocycles. The number of carbonyl (C=O) groups excluding carboxylic acids is 2. The average Bonchev–Trinajstić information content (AvgIpc) is 3.22. The second kappa shape index (κ2) is 6.12. The fourth-order valence-corrected chi connectivity index (χ4v) is 5.67. The van der Waals surface area contributed by atoms with Crippen LogP contribution in [0.1, 0.15) is 49.1 Å². The quantitative estimate of drug-likeness (QED) is 0.812. The summed E-state index contributed by atoms with van der Waals surface area (Å²) in [5.41, 5.74) is 0.102. The molecule has 2 spiro atoms. The molecule has 1 aromatic carbocycles. The molecule has 4 fully saturated rings. The Hall–Kier alpha value is -2.25. The first-order chi connectivity index (χ1) is 13.7. The fraction of sp³-hybridized carbons (Fsp3) is 0.619. The van der Waals surface area contributed by atoms with Crippen molar-refractivity contribution >= 4 is 12.0 Å². The highest BCUT2D eigenvalue weighted by atomic mass is 19.4. The summed E-state index contributed by atoms with van der Waals surface area (Å²) in [6.07, 6.45) is -0.577. The molecule has 2 heterocycles. The molecule has 2 saturated carbocycles. The van der Waals surface area contributed by atoms with E-state index >= 15 is 0 Å². The number of amides is 2. The molecule has 1 atom stereocenters. The van der Waals surface area contributed by atoms with Crippen molar-refractivity contribution in [3.63, 3.8) is 0 Å². The maximum Gasteiger partial charge on any atom is 0.416 e. The van der Waals surface area contributed by atoms with E-state index in [9.17, 15) is 22.8 Å². The van der Waals surface area contributed by atoms with Gasteiger partial charge in [0.2, 0.25) is 5.91 Å². The molecule has 0 radical (unpaired) electrons. The minimum absolute atomic E-state index is 0.0542. The van der Waals surface area contributed by atoms with Crippen LogP contribution in [0.15, 0.2) is 24.3 Å². The van der Waals surface area contributed by atoms with Crippen molar-refractivity contribution < 1.29 is 27.5 Å². The molecule has 0 unspecified atom stereocenters. The maximum atomic E-state index is 12.8. The summed E-state index contributed by atoms with van der Waals surface area (Å²) >= 11 is 0. The average molecular weight is 408 g/mol. The molecule has 0 bridgehead atoms. The zero-order valence-electron chi connectivity index (χ0n) is 15.9. The van der Waals surface area contributed by atoms with E-state index in [4.69, 9.17) is 4.74 Å². The van der Waals surface area contributed by atoms with Crippen molar-refractivity contribution in [1.82, 2.24) is 10.2 Å². The number of hydrogen-bond acceptors (Lipinski definition) is 3. The number of rotatable bonds is 2. The van der Waals surface area contributed by atoms with E-state index in [0.717, 1.165) is 50.0 Å². The van der Waals surface area contributed by atoms with Gasteiger partial charge in [0.25, 0.3) is 0 Å². The summed E-state index contributed by atoms with van der Waals surface area (Å²) in [5.74, 6) is 0.356. The van der Waals surface area contributed by atoms with Crippen molar-refractivity contribution in [1.29, 1.82) is 0 Å². The number of likely N-dealkylation sites (tertiary alicyclic amines) is 1. The number of halogens is 3. The third kappa shape index (κ3) is 3.16. The minimum atomic E-state index is -4.31. The number of benzene rings is 1. The van der Waals surface area contributed by atoms with Crippen LogP contribution in [0, 0.1) is 11.3 Å². The van der Waals surface area contributed by atoms with Gasteiger partial charge in [0.05, 0.1) is 11.1 Å². The van der Waals surface area contributed by atoms with E-state index in [2.05, 4.69) is 5.32 Å². The lowest BCUT2D eigenvalue weighted by Crippen LogP contribution is -2.63. The van der Waals surface area contributed by atoms with Crippen molar-refractivity contribution in [3.8, 4) is 0 Å². The van der Waals surface area contributed by atoms with E-state index in [-0.39, 0.29) is 28.7 Å². The molecule has 2 aliphatic heterocycles. The number of nitrogens with zero attached hydrogens (tertiary/aromatic N) is 1. The predicted octanol–water partition coefficient (Wildman–Crippen LogP) is 3.69. The molecule has 2 aliphatic carbocycles. The normalized spacial score (nSPS) is 32.7. The number of nitrogens with one attached hydrogen (secondary N) is 1. The number of carbonyl (C=O) groups is 2. The number of cyclic esters (lactones) is 1. The van der Waals surface area contributed by atoms with Gasteiger partial charge in [-0.3, -0.25) is 4.79 Å². The van der Waals surface area contributed by atoms with Crippen LogP contribution in [-0.2, 0) is 15.7 Å². The standard InChI is InChI=1S/C21H23F3N2O3/c22-21(23,24)16-3-1-13(2-4-16)14-5-6-19(7-14)10-26(11-19)17(27)15-8-20(9-15)12-29-18(28)25-20/h1-4,14-15H,5-12H2,(H,25,28)/t14-,15-,20+/m0/s1. The summed E-state index contributed by atoms with van der Waals surface area (Å²) in [4.78, 5) is 25.9. The smallest absolute Gasteiger partial charge is 0.416 e. The van der Waals surface area contributed by atoms with Gasteiger partial charge in [-0.2, -0.15) is 13.2 Å². The fourth-order valence-electron chi connectivity index (χ4n) is 5.67. The van der Waals surface area contributed by atoms with Gasteiger partial charge >= 0.3 is 12.3 Å². The molecule has 5 rings (SSSR count). The SMILES string of the molecule is O=C1N[C@]2(CO1)C[C@H](C(=O)N1CC3(CC[C@H](c4ccc(C(F)(F)F)cc4)C3)C1)C2. The van der Waals surface area contributed by atoms with Crippen LogP contribution >= 0.6 is 0 Å². The van der Waals surface area contributed by atoms with Crippen LogP contribution in [0.25, 0.3) is 0 Å². The van der Waals surface area contributed by atoms with Crippen molar-refractivity contribution in [2.75, 3.05) is 19.7 Å². The van der Waals surface area contributed by atoms with Gasteiger partial charge < -0.3 is 15.0 Å². The number of hydrogen-bond donors (Lipinski definition) is 1. The molecule has 4 aliphatic rings. The van der Waals surface area contributed by atoms with E-state index in [1.807, 2.05) is 4.90 Å². The summed E-state index contributed by atoms with van der Waals surface area (Å²) in [5, 5.41) is 2.81. The van der Waals surface area contributed by atoms with E-state index < -0.39 is 17.8 Å². The molecule has 2 amide bonds. The third-order valence-corrected chi connectivity index (χ3v) is 7.25. The lowest BCUT2D eigenvalue weighted by Gasteiger charge is -2.52. The zero-order valence-corrected chi connectivity index (χ0v) is 15.9. The third-order valence-electron chi connectivity index (χ3n) is 7.25. The Bertz CT molecular complexity index is 840. The molecule has 156 valence electrons. The van der Waals surface area contributed by atoms with Crippen molar-refractivity contribution in [3.05, 3.63) is 35.4 Å². The Balaban J connectivity index is 1.14. The van der Waals surface area contributed by atoms with Crippen molar-refractivity contribution in [2.24, 2.45) is 11.3 Å². The Morgan fingerprint density at radius 2 is 1.83 bits per heavy atom. The van der Waals surface area contributed by atoms with Gasteiger partial charge in [-0.15, -0.1) is 0 Å². The van der Waals surface area contributed by atoms with Gasteiger partial charge in [-0.05, 0) is 55.7 Å². The van der Waals surface area contributed by atoms with Crippen LogP contribution in [0.3, 0.4) is 0 Å². The van der Waals surface area contributed by atoms with Gasteiger partial charge in [-0.25, -0.2) is 4.79 Å². The predicted molar refractivity (Wildman–Crippen MR) is 97.0 cm³/mol. The van der Waals surface area contributed by atoms with Crippen LogP contribution in [0.4, 0.5) is 18.0 Å². The second-order valence-corrected chi connectivity index (χ2v) is 9.34. The zero-order chi connectivity index (χ0) is 20.4. The number of alkyl halides is 3. The topological polar surface area (TPSA) is 58.6 Å². The monoisotopic (exact) mass is 408 g/mol. The van der Waals surface area contributed by atoms with E-state index in [1.165, 1.54) is 0 Å². The lowest BCUT2D eigenvalue weighted by molar-refractivity contribution is -0.153. The van der Waals surface area contributed by atoms with Gasteiger partial charge in [0, 0.05) is 24.4 Å². The molecule has 29 heavy (non-hydrogen) atoms. The highest BCUT2D eigenvalue weighted by Crippen LogP contribution is 2.53. The second-order valence-electron chi connectivity index (χ2n) is 9.34. The summed E-state index contributed by atoms with van der Waals surface area (Å²) in [6.45, 7) is 1.80. The molecule has 1 N–H and O–H groups in total. The molecule has 5 nitrogen and oxygen atoms in total. The van der Waals surface area contributed by atoms with Gasteiger partial charge in [-0.1, -0.05) is 12.1 Å². The number of ether oxygens (including phenoxy) is 1. The first kappa shape index (κ1) is 18.8. The molecule has 1 aromatic rings. The lowest BCUT2D eigenvalue weighted by atomic mass is 9.67. The summed E-state index contributed by atoms with van der Waals surface area (Å²) in [7, 11) is 0.